The number of para-hydroxylation sites is 1. The van der Waals surface area contributed by atoms with Gasteiger partial charge in [-0.1, -0.05) is 12.1 Å². The number of fused-ring (bicyclic) bond motifs is 1. The summed E-state index contributed by atoms with van der Waals surface area (Å²) >= 11 is 0. The van der Waals surface area contributed by atoms with E-state index in [2.05, 4.69) is 0 Å². The molecule has 0 bridgehead atoms. The van der Waals surface area contributed by atoms with E-state index in [0.29, 0.717) is 5.58 Å². The van der Waals surface area contributed by atoms with Gasteiger partial charge in [0.15, 0.2) is 11.4 Å². The zero-order valence-corrected chi connectivity index (χ0v) is 9.00. The molecular weight excluding hydrogens is 205 g/mol. The van der Waals surface area contributed by atoms with Crippen molar-refractivity contribution in [2.24, 2.45) is 5.73 Å². The van der Waals surface area contributed by atoms with E-state index in [1.54, 1.807) is 12.3 Å². The Hall–Kier alpha value is -1.35. The number of rotatable bonds is 3. The van der Waals surface area contributed by atoms with Gasteiger partial charge in [0, 0.05) is 10.9 Å². The standard InChI is InChI=1S/C13H14FNO/c14-11-3-1-2-10-9(8-16-12(10)11)4-5-13(15)6-7-13/h1-3,8H,4-7,15H2. The number of aryl methyl sites for hydroxylation is 1. The predicted octanol–water partition coefficient (Wildman–Crippen LogP) is 3.00. The van der Waals surface area contributed by atoms with Crippen LogP contribution in [0.2, 0.25) is 0 Å². The van der Waals surface area contributed by atoms with Crippen molar-refractivity contribution in [3.05, 3.63) is 35.8 Å². The summed E-state index contributed by atoms with van der Waals surface area (Å²) in [5.74, 6) is -0.294. The van der Waals surface area contributed by atoms with Gasteiger partial charge < -0.3 is 10.2 Å². The Morgan fingerprint density at radius 3 is 2.94 bits per heavy atom. The molecule has 1 aromatic carbocycles. The lowest BCUT2D eigenvalue weighted by molar-refractivity contribution is 0.554. The average Bonchev–Trinajstić information content (AvgIpc) is 2.86. The summed E-state index contributed by atoms with van der Waals surface area (Å²) in [5.41, 5.74) is 7.49. The molecule has 3 heteroatoms. The monoisotopic (exact) mass is 219 g/mol. The molecule has 0 radical (unpaired) electrons. The number of nitrogens with two attached hydrogens (primary N) is 1. The van der Waals surface area contributed by atoms with Crippen LogP contribution in [-0.4, -0.2) is 5.54 Å². The summed E-state index contributed by atoms with van der Waals surface area (Å²) in [6.45, 7) is 0. The molecule has 1 aliphatic rings. The predicted molar refractivity (Wildman–Crippen MR) is 60.6 cm³/mol. The topological polar surface area (TPSA) is 39.2 Å². The fourth-order valence-electron chi connectivity index (χ4n) is 2.06. The summed E-state index contributed by atoms with van der Waals surface area (Å²) in [4.78, 5) is 0. The quantitative estimate of drug-likeness (QED) is 0.861. The molecule has 1 saturated carbocycles. The first-order chi connectivity index (χ1) is 7.68. The maximum Gasteiger partial charge on any atom is 0.169 e. The minimum Gasteiger partial charge on any atom is -0.461 e. The number of halogens is 1. The second kappa shape index (κ2) is 3.32. The maximum atomic E-state index is 13.4. The van der Waals surface area contributed by atoms with Crippen LogP contribution in [0.25, 0.3) is 11.0 Å². The van der Waals surface area contributed by atoms with E-state index in [9.17, 15) is 4.39 Å². The van der Waals surface area contributed by atoms with E-state index in [-0.39, 0.29) is 11.4 Å². The van der Waals surface area contributed by atoms with Crippen molar-refractivity contribution in [2.75, 3.05) is 0 Å². The third-order valence-electron chi connectivity index (χ3n) is 3.42. The molecule has 1 aliphatic carbocycles. The second-order valence-electron chi connectivity index (χ2n) is 4.74. The van der Waals surface area contributed by atoms with Crippen molar-refractivity contribution in [3.63, 3.8) is 0 Å². The molecule has 0 saturated heterocycles. The average molecular weight is 219 g/mol. The number of hydrogen-bond acceptors (Lipinski definition) is 2. The van der Waals surface area contributed by atoms with Crippen molar-refractivity contribution < 1.29 is 8.81 Å². The Morgan fingerprint density at radius 1 is 1.38 bits per heavy atom. The van der Waals surface area contributed by atoms with Crippen molar-refractivity contribution in [2.45, 2.75) is 31.2 Å². The molecule has 1 aromatic heterocycles. The molecule has 0 atom stereocenters. The van der Waals surface area contributed by atoms with Crippen LogP contribution >= 0.6 is 0 Å². The van der Waals surface area contributed by atoms with Gasteiger partial charge in [-0.15, -0.1) is 0 Å². The SMILES string of the molecule is NC1(CCc2coc3c(F)cccc23)CC1. The minimum atomic E-state index is -0.294. The molecule has 0 spiro atoms. The van der Waals surface area contributed by atoms with Gasteiger partial charge in [0.25, 0.3) is 0 Å². The molecule has 84 valence electrons. The van der Waals surface area contributed by atoms with Crippen LogP contribution in [0, 0.1) is 5.82 Å². The van der Waals surface area contributed by atoms with Crippen LogP contribution in [0.15, 0.2) is 28.9 Å². The lowest BCUT2D eigenvalue weighted by Crippen LogP contribution is -2.21. The fraction of sp³-hybridized carbons (Fsp3) is 0.385. The molecular formula is C13H14FNO. The molecule has 0 aliphatic heterocycles. The first-order valence-corrected chi connectivity index (χ1v) is 5.61. The third kappa shape index (κ3) is 1.61. The largest absolute Gasteiger partial charge is 0.461 e. The van der Waals surface area contributed by atoms with Crippen LogP contribution in [0.5, 0.6) is 0 Å². The number of benzene rings is 1. The van der Waals surface area contributed by atoms with Crippen LogP contribution < -0.4 is 5.73 Å². The van der Waals surface area contributed by atoms with Crippen LogP contribution in [0.3, 0.4) is 0 Å². The minimum absolute atomic E-state index is 0.0386. The molecule has 1 heterocycles. The van der Waals surface area contributed by atoms with Crippen molar-refractivity contribution in [1.29, 1.82) is 0 Å². The second-order valence-corrected chi connectivity index (χ2v) is 4.74. The van der Waals surface area contributed by atoms with Crippen LogP contribution in [0.4, 0.5) is 4.39 Å². The van der Waals surface area contributed by atoms with Crippen molar-refractivity contribution in [1.82, 2.24) is 0 Å². The van der Waals surface area contributed by atoms with E-state index in [0.717, 1.165) is 36.6 Å². The van der Waals surface area contributed by atoms with Crippen LogP contribution in [-0.2, 0) is 6.42 Å². The first kappa shape index (κ1) is 9.85. The van der Waals surface area contributed by atoms with E-state index in [4.69, 9.17) is 10.2 Å². The van der Waals surface area contributed by atoms with E-state index in [1.807, 2.05) is 6.07 Å². The molecule has 2 N–H and O–H groups in total. The van der Waals surface area contributed by atoms with E-state index in [1.165, 1.54) is 6.07 Å². The molecule has 2 aromatic rings. The highest BCUT2D eigenvalue weighted by atomic mass is 19.1. The smallest absolute Gasteiger partial charge is 0.169 e. The molecule has 1 fully saturated rings. The Bertz CT molecular complexity index is 528. The number of hydrogen-bond donors (Lipinski definition) is 1. The van der Waals surface area contributed by atoms with Crippen molar-refractivity contribution >= 4 is 11.0 Å². The zero-order chi connectivity index (χ0) is 11.2. The van der Waals surface area contributed by atoms with Gasteiger partial charge >= 0.3 is 0 Å². The maximum absolute atomic E-state index is 13.4. The van der Waals surface area contributed by atoms with Gasteiger partial charge in [0.1, 0.15) is 0 Å². The van der Waals surface area contributed by atoms with Crippen molar-refractivity contribution in [3.8, 4) is 0 Å². The molecule has 0 unspecified atom stereocenters. The normalized spacial score (nSPS) is 17.9. The number of furan rings is 1. The molecule has 3 rings (SSSR count). The summed E-state index contributed by atoms with van der Waals surface area (Å²) in [7, 11) is 0. The van der Waals surface area contributed by atoms with E-state index < -0.39 is 0 Å². The first-order valence-electron chi connectivity index (χ1n) is 5.61. The van der Waals surface area contributed by atoms with Gasteiger partial charge in [0.2, 0.25) is 0 Å². The molecule has 2 nitrogen and oxygen atoms in total. The molecule has 16 heavy (non-hydrogen) atoms. The zero-order valence-electron chi connectivity index (χ0n) is 9.00. The van der Waals surface area contributed by atoms with Gasteiger partial charge in [-0.3, -0.25) is 0 Å². The lowest BCUT2D eigenvalue weighted by Gasteiger charge is -2.06. The lowest BCUT2D eigenvalue weighted by atomic mass is 10.0. The third-order valence-corrected chi connectivity index (χ3v) is 3.42. The Kier molecular flexibility index (Phi) is 2.04. The Labute approximate surface area is 93.2 Å². The summed E-state index contributed by atoms with van der Waals surface area (Å²) < 4.78 is 18.6. The summed E-state index contributed by atoms with van der Waals surface area (Å²) in [6, 6.07) is 5.03. The fourth-order valence-corrected chi connectivity index (χ4v) is 2.06. The highest BCUT2D eigenvalue weighted by Gasteiger charge is 2.37. The summed E-state index contributed by atoms with van der Waals surface area (Å²) in [6.07, 6.45) is 5.69. The van der Waals surface area contributed by atoms with E-state index >= 15 is 0 Å². The summed E-state index contributed by atoms with van der Waals surface area (Å²) in [5, 5.41) is 0.879. The molecule has 0 amide bonds. The highest BCUT2D eigenvalue weighted by molar-refractivity contribution is 5.81. The van der Waals surface area contributed by atoms with Gasteiger partial charge in [0.05, 0.1) is 6.26 Å². The van der Waals surface area contributed by atoms with Gasteiger partial charge in [-0.2, -0.15) is 0 Å². The Morgan fingerprint density at radius 2 is 2.19 bits per heavy atom. The Balaban J connectivity index is 1.89. The van der Waals surface area contributed by atoms with Gasteiger partial charge in [-0.25, -0.2) is 4.39 Å². The van der Waals surface area contributed by atoms with Gasteiger partial charge in [-0.05, 0) is 37.3 Å². The van der Waals surface area contributed by atoms with Crippen LogP contribution in [0.1, 0.15) is 24.8 Å². The highest BCUT2D eigenvalue weighted by Crippen LogP contribution is 2.37.